The smallest absolute Gasteiger partial charge is 0.222 e. The monoisotopic (exact) mass is 398 g/mol. The van der Waals surface area contributed by atoms with Gasteiger partial charge in [-0.3, -0.25) is 9.69 Å². The maximum Gasteiger partial charge on any atom is 0.222 e. The van der Waals surface area contributed by atoms with Crippen LogP contribution < -0.4 is 4.74 Å². The van der Waals surface area contributed by atoms with Crippen molar-refractivity contribution in [1.29, 1.82) is 0 Å². The van der Waals surface area contributed by atoms with E-state index < -0.39 is 0 Å². The molecule has 1 aliphatic rings. The van der Waals surface area contributed by atoms with Crippen molar-refractivity contribution in [3.05, 3.63) is 65.5 Å². The first-order chi connectivity index (χ1) is 14.0. The highest BCUT2D eigenvalue weighted by atomic mass is 19.1. The quantitative estimate of drug-likeness (QED) is 0.671. The topological polar surface area (TPSA) is 32.8 Å². The maximum atomic E-state index is 12.9. The van der Waals surface area contributed by atoms with Gasteiger partial charge in [0, 0.05) is 39.1 Å². The van der Waals surface area contributed by atoms with Gasteiger partial charge in [0.25, 0.3) is 0 Å². The Bertz CT molecular complexity index is 766. The number of halogens is 1. The summed E-state index contributed by atoms with van der Waals surface area (Å²) in [5, 5.41) is 0. The fourth-order valence-corrected chi connectivity index (χ4v) is 3.52. The standard InChI is InChI=1S/C24H31FN2O2/c1-19(2)21-6-3-20(4-7-21)5-12-24(28)27-15-13-26(14-16-27)17-18-29-23-10-8-22(25)9-11-23/h3-4,6-11,19H,5,12-18H2,1-2H3. The van der Waals surface area contributed by atoms with E-state index in [1.54, 1.807) is 12.1 Å². The molecule has 0 N–H and O–H groups in total. The molecule has 0 atom stereocenters. The molecule has 0 bridgehead atoms. The van der Waals surface area contributed by atoms with Crippen LogP contribution in [0, 0.1) is 5.82 Å². The molecule has 0 saturated carbocycles. The van der Waals surface area contributed by atoms with Crippen molar-refractivity contribution in [3.8, 4) is 5.75 Å². The molecular formula is C24H31FN2O2. The predicted octanol–water partition coefficient (Wildman–Crippen LogP) is 4.10. The molecule has 1 saturated heterocycles. The second-order valence-electron chi connectivity index (χ2n) is 7.92. The van der Waals surface area contributed by atoms with Gasteiger partial charge in [0.05, 0.1) is 0 Å². The van der Waals surface area contributed by atoms with E-state index in [2.05, 4.69) is 43.0 Å². The molecule has 156 valence electrons. The molecule has 4 nitrogen and oxygen atoms in total. The van der Waals surface area contributed by atoms with E-state index in [-0.39, 0.29) is 11.7 Å². The second kappa shape index (κ2) is 10.4. The van der Waals surface area contributed by atoms with Crippen molar-refractivity contribution in [2.45, 2.75) is 32.6 Å². The number of hydrogen-bond acceptors (Lipinski definition) is 3. The molecule has 1 heterocycles. The molecule has 0 spiro atoms. The lowest BCUT2D eigenvalue weighted by atomic mass is 10.00. The van der Waals surface area contributed by atoms with E-state index >= 15 is 0 Å². The van der Waals surface area contributed by atoms with Gasteiger partial charge in [-0.1, -0.05) is 38.1 Å². The molecule has 0 radical (unpaired) electrons. The average Bonchev–Trinajstić information content (AvgIpc) is 2.74. The fourth-order valence-electron chi connectivity index (χ4n) is 3.52. The van der Waals surface area contributed by atoms with Crippen LogP contribution in [0.3, 0.4) is 0 Å². The Balaban J connectivity index is 1.34. The number of rotatable bonds is 8. The summed E-state index contributed by atoms with van der Waals surface area (Å²) in [6.45, 7) is 9.00. The molecule has 0 unspecified atom stereocenters. The third-order valence-corrected chi connectivity index (χ3v) is 5.49. The van der Waals surface area contributed by atoms with Crippen LogP contribution in [-0.4, -0.2) is 55.0 Å². The first-order valence-electron chi connectivity index (χ1n) is 10.5. The van der Waals surface area contributed by atoms with Gasteiger partial charge in [-0.2, -0.15) is 0 Å². The lowest BCUT2D eigenvalue weighted by Gasteiger charge is -2.34. The van der Waals surface area contributed by atoms with Crippen LogP contribution in [0.2, 0.25) is 0 Å². The zero-order valence-electron chi connectivity index (χ0n) is 17.4. The van der Waals surface area contributed by atoms with Gasteiger partial charge in [-0.25, -0.2) is 4.39 Å². The van der Waals surface area contributed by atoms with Crippen molar-refractivity contribution in [2.24, 2.45) is 0 Å². The van der Waals surface area contributed by atoms with Gasteiger partial charge in [0.1, 0.15) is 18.2 Å². The molecular weight excluding hydrogens is 367 g/mol. The summed E-state index contributed by atoms with van der Waals surface area (Å²) in [4.78, 5) is 16.8. The number of aryl methyl sites for hydroxylation is 1. The molecule has 0 aliphatic carbocycles. The minimum absolute atomic E-state index is 0.236. The number of nitrogens with zero attached hydrogens (tertiary/aromatic N) is 2. The number of carbonyl (C=O) groups excluding carboxylic acids is 1. The molecule has 2 aromatic carbocycles. The average molecular weight is 399 g/mol. The Morgan fingerprint density at radius 1 is 1.00 bits per heavy atom. The predicted molar refractivity (Wildman–Crippen MR) is 114 cm³/mol. The highest BCUT2D eigenvalue weighted by molar-refractivity contribution is 5.76. The Labute approximate surface area is 173 Å². The van der Waals surface area contributed by atoms with Crippen LogP contribution in [0.15, 0.2) is 48.5 Å². The van der Waals surface area contributed by atoms with Crippen molar-refractivity contribution >= 4 is 5.91 Å². The number of benzene rings is 2. The van der Waals surface area contributed by atoms with Crippen LogP contribution >= 0.6 is 0 Å². The van der Waals surface area contributed by atoms with E-state index in [1.807, 2.05) is 4.90 Å². The third-order valence-electron chi connectivity index (χ3n) is 5.49. The van der Waals surface area contributed by atoms with Crippen LogP contribution in [0.25, 0.3) is 0 Å². The summed E-state index contributed by atoms with van der Waals surface area (Å²) in [5.41, 5.74) is 2.55. The van der Waals surface area contributed by atoms with Gasteiger partial charge < -0.3 is 9.64 Å². The van der Waals surface area contributed by atoms with Crippen molar-refractivity contribution in [3.63, 3.8) is 0 Å². The number of piperazine rings is 1. The lowest BCUT2D eigenvalue weighted by molar-refractivity contribution is -0.132. The van der Waals surface area contributed by atoms with Gasteiger partial charge in [-0.05, 0) is 47.7 Å². The molecule has 2 aromatic rings. The summed E-state index contributed by atoms with van der Waals surface area (Å²) in [5.74, 6) is 1.19. The zero-order valence-corrected chi connectivity index (χ0v) is 17.4. The zero-order chi connectivity index (χ0) is 20.6. The second-order valence-corrected chi connectivity index (χ2v) is 7.92. The lowest BCUT2D eigenvalue weighted by Crippen LogP contribution is -2.49. The Morgan fingerprint density at radius 3 is 2.28 bits per heavy atom. The summed E-state index contributed by atoms with van der Waals surface area (Å²) in [6, 6.07) is 14.7. The first-order valence-corrected chi connectivity index (χ1v) is 10.5. The molecule has 5 heteroatoms. The van der Waals surface area contributed by atoms with Crippen molar-refractivity contribution < 1.29 is 13.9 Å². The fraction of sp³-hybridized carbons (Fsp3) is 0.458. The van der Waals surface area contributed by atoms with Gasteiger partial charge in [0.2, 0.25) is 5.91 Å². The Morgan fingerprint density at radius 2 is 1.66 bits per heavy atom. The number of ether oxygens (including phenoxy) is 1. The van der Waals surface area contributed by atoms with E-state index in [4.69, 9.17) is 4.74 Å². The maximum absolute atomic E-state index is 12.9. The molecule has 3 rings (SSSR count). The highest BCUT2D eigenvalue weighted by Gasteiger charge is 2.20. The van der Waals surface area contributed by atoms with Crippen molar-refractivity contribution in [2.75, 3.05) is 39.3 Å². The highest BCUT2D eigenvalue weighted by Crippen LogP contribution is 2.16. The summed E-state index contributed by atoms with van der Waals surface area (Å²) >= 11 is 0. The Kier molecular flexibility index (Phi) is 7.64. The minimum atomic E-state index is -0.259. The summed E-state index contributed by atoms with van der Waals surface area (Å²) in [6.07, 6.45) is 1.36. The SMILES string of the molecule is CC(C)c1ccc(CCC(=O)N2CCN(CCOc3ccc(F)cc3)CC2)cc1. The normalized spacial score (nSPS) is 15.0. The number of carbonyl (C=O) groups is 1. The first kappa shape index (κ1) is 21.3. The van der Waals surface area contributed by atoms with Crippen LogP contribution in [-0.2, 0) is 11.2 Å². The van der Waals surface area contributed by atoms with E-state index in [0.29, 0.717) is 24.7 Å². The Hall–Kier alpha value is -2.40. The molecule has 1 amide bonds. The van der Waals surface area contributed by atoms with E-state index in [0.717, 1.165) is 39.1 Å². The van der Waals surface area contributed by atoms with Gasteiger partial charge in [-0.15, -0.1) is 0 Å². The molecule has 1 fully saturated rings. The minimum Gasteiger partial charge on any atom is -0.492 e. The van der Waals surface area contributed by atoms with Crippen molar-refractivity contribution in [1.82, 2.24) is 9.80 Å². The molecule has 0 aromatic heterocycles. The van der Waals surface area contributed by atoms with Crippen LogP contribution in [0.5, 0.6) is 5.75 Å². The summed E-state index contributed by atoms with van der Waals surface area (Å²) in [7, 11) is 0. The molecule has 1 aliphatic heterocycles. The largest absolute Gasteiger partial charge is 0.492 e. The van der Waals surface area contributed by atoms with Gasteiger partial charge >= 0.3 is 0 Å². The number of amides is 1. The van der Waals surface area contributed by atoms with Gasteiger partial charge in [0.15, 0.2) is 0 Å². The van der Waals surface area contributed by atoms with Crippen LogP contribution in [0.4, 0.5) is 4.39 Å². The summed E-state index contributed by atoms with van der Waals surface area (Å²) < 4.78 is 18.6. The third kappa shape index (κ3) is 6.57. The van der Waals surface area contributed by atoms with E-state index in [9.17, 15) is 9.18 Å². The van der Waals surface area contributed by atoms with E-state index in [1.165, 1.54) is 23.3 Å². The number of hydrogen-bond donors (Lipinski definition) is 0. The van der Waals surface area contributed by atoms with Crippen LogP contribution in [0.1, 0.15) is 37.3 Å². The molecule has 29 heavy (non-hydrogen) atoms.